The van der Waals surface area contributed by atoms with Crippen LogP contribution in [0, 0.1) is 19.7 Å². The van der Waals surface area contributed by atoms with E-state index in [1.165, 1.54) is 34.9 Å². The van der Waals surface area contributed by atoms with E-state index >= 15 is 0 Å². The Morgan fingerprint density at radius 2 is 1.83 bits per heavy atom. The summed E-state index contributed by atoms with van der Waals surface area (Å²) < 4.78 is 21.0. The molecule has 5 rings (SSSR count). The standard InChI is InChI=1S/C28H25FN2O4/c1-15-8-9-18-13-31(14-19(18)10-15)27-16(2)25(32)23-12-20(29)11-22(26(23)35-27)17(3)30-24-7-5-4-6-21(24)28(33)34/h4-12,17,30H,13-14H2,1-3H3,(H,33,34)/t17-/m1/s1. The molecule has 2 N–H and O–H groups in total. The fraction of sp³-hybridized carbons (Fsp3) is 0.214. The third-order valence-corrected chi connectivity index (χ3v) is 6.55. The Hall–Kier alpha value is -4.13. The molecule has 4 aromatic rings. The second-order valence-electron chi connectivity index (χ2n) is 9.08. The summed E-state index contributed by atoms with van der Waals surface area (Å²) in [4.78, 5) is 27.0. The van der Waals surface area contributed by atoms with E-state index in [-0.39, 0.29) is 22.0 Å². The molecule has 178 valence electrons. The van der Waals surface area contributed by atoms with Gasteiger partial charge in [0.05, 0.1) is 22.6 Å². The Kier molecular flexibility index (Phi) is 5.55. The number of carbonyl (C=O) groups is 1. The number of aryl methyl sites for hydroxylation is 1. The van der Waals surface area contributed by atoms with E-state index in [1.54, 1.807) is 32.0 Å². The van der Waals surface area contributed by atoms with Gasteiger partial charge in [-0.15, -0.1) is 0 Å². The number of benzene rings is 3. The number of rotatable bonds is 5. The Labute approximate surface area is 201 Å². The van der Waals surface area contributed by atoms with Crippen LogP contribution >= 0.6 is 0 Å². The molecule has 0 amide bonds. The number of aromatic carboxylic acids is 1. The van der Waals surface area contributed by atoms with E-state index in [1.807, 2.05) is 11.8 Å². The van der Waals surface area contributed by atoms with Crippen LogP contribution in [0.2, 0.25) is 0 Å². The van der Waals surface area contributed by atoms with Crippen LogP contribution in [0.15, 0.2) is 63.8 Å². The molecule has 0 unspecified atom stereocenters. The lowest BCUT2D eigenvalue weighted by Crippen LogP contribution is -2.20. The highest BCUT2D eigenvalue weighted by Gasteiger charge is 2.26. The van der Waals surface area contributed by atoms with E-state index in [0.717, 1.165) is 0 Å². The maximum Gasteiger partial charge on any atom is 0.337 e. The number of hydrogen-bond acceptors (Lipinski definition) is 5. The molecule has 3 aromatic carbocycles. The molecule has 0 bridgehead atoms. The normalized spacial score (nSPS) is 13.7. The van der Waals surface area contributed by atoms with Crippen molar-refractivity contribution < 1.29 is 18.7 Å². The lowest BCUT2D eigenvalue weighted by molar-refractivity contribution is 0.0698. The highest BCUT2D eigenvalue weighted by Crippen LogP contribution is 2.35. The van der Waals surface area contributed by atoms with E-state index < -0.39 is 17.8 Å². The number of carboxylic acid groups (broad SMARTS) is 1. The summed E-state index contributed by atoms with van der Waals surface area (Å²) in [5.41, 5.74) is 4.89. The van der Waals surface area contributed by atoms with Crippen LogP contribution in [0.1, 0.15) is 51.1 Å². The zero-order chi connectivity index (χ0) is 24.9. The number of carboxylic acids is 1. The van der Waals surface area contributed by atoms with E-state index in [4.69, 9.17) is 4.42 Å². The van der Waals surface area contributed by atoms with Crippen molar-refractivity contribution in [1.29, 1.82) is 0 Å². The number of nitrogens with one attached hydrogen (secondary N) is 1. The highest BCUT2D eigenvalue weighted by atomic mass is 19.1. The topological polar surface area (TPSA) is 82.8 Å². The van der Waals surface area contributed by atoms with Gasteiger partial charge < -0.3 is 19.7 Å². The lowest BCUT2D eigenvalue weighted by atomic mass is 10.0. The minimum absolute atomic E-state index is 0.100. The molecule has 0 aliphatic carbocycles. The minimum Gasteiger partial charge on any atom is -0.478 e. The Morgan fingerprint density at radius 1 is 1.09 bits per heavy atom. The van der Waals surface area contributed by atoms with E-state index in [0.29, 0.717) is 35.8 Å². The quantitative estimate of drug-likeness (QED) is 0.374. The van der Waals surface area contributed by atoms with Crippen molar-refractivity contribution in [3.05, 3.63) is 104 Å². The molecule has 35 heavy (non-hydrogen) atoms. The molecule has 0 saturated carbocycles. The summed E-state index contributed by atoms with van der Waals surface area (Å²) in [6.45, 7) is 6.75. The smallest absolute Gasteiger partial charge is 0.337 e. The first-order valence-electron chi connectivity index (χ1n) is 11.4. The average Bonchev–Trinajstić information content (AvgIpc) is 3.24. The predicted molar refractivity (Wildman–Crippen MR) is 134 cm³/mol. The van der Waals surface area contributed by atoms with Crippen LogP contribution in [-0.4, -0.2) is 11.1 Å². The first-order chi connectivity index (χ1) is 16.7. The van der Waals surface area contributed by atoms with Crippen LogP contribution in [0.5, 0.6) is 0 Å². The predicted octanol–water partition coefficient (Wildman–Crippen LogP) is 5.94. The zero-order valence-electron chi connectivity index (χ0n) is 19.7. The van der Waals surface area contributed by atoms with Gasteiger partial charge in [-0.2, -0.15) is 0 Å². The van der Waals surface area contributed by atoms with Gasteiger partial charge in [0, 0.05) is 24.3 Å². The summed E-state index contributed by atoms with van der Waals surface area (Å²) in [6.07, 6.45) is 0. The number of anilines is 2. The largest absolute Gasteiger partial charge is 0.478 e. The summed E-state index contributed by atoms with van der Waals surface area (Å²) in [6, 6.07) is 14.8. The number of nitrogens with zero attached hydrogens (tertiary/aromatic N) is 1. The van der Waals surface area contributed by atoms with Gasteiger partial charge in [-0.05, 0) is 56.2 Å². The van der Waals surface area contributed by atoms with E-state index in [9.17, 15) is 19.1 Å². The first kappa shape index (κ1) is 22.7. The van der Waals surface area contributed by atoms with Crippen molar-refractivity contribution in [2.75, 3.05) is 10.2 Å². The number of para-hydroxylation sites is 1. The van der Waals surface area contributed by atoms with Crippen molar-refractivity contribution in [2.24, 2.45) is 0 Å². The van der Waals surface area contributed by atoms with Gasteiger partial charge >= 0.3 is 5.97 Å². The van der Waals surface area contributed by atoms with Gasteiger partial charge in [0.1, 0.15) is 11.4 Å². The van der Waals surface area contributed by atoms with Crippen molar-refractivity contribution in [3.63, 3.8) is 0 Å². The van der Waals surface area contributed by atoms with Gasteiger partial charge in [0.15, 0.2) is 5.43 Å². The van der Waals surface area contributed by atoms with Crippen LogP contribution in [0.4, 0.5) is 16.0 Å². The Bertz CT molecular complexity index is 1540. The first-order valence-corrected chi connectivity index (χ1v) is 11.4. The molecule has 0 spiro atoms. The summed E-state index contributed by atoms with van der Waals surface area (Å²) in [5.74, 6) is -1.17. The molecular weight excluding hydrogens is 447 g/mol. The molecule has 0 radical (unpaired) electrons. The number of fused-ring (bicyclic) bond motifs is 2. The lowest BCUT2D eigenvalue weighted by Gasteiger charge is -2.22. The van der Waals surface area contributed by atoms with E-state index in [2.05, 4.69) is 23.5 Å². The molecular formula is C28H25FN2O4. The summed E-state index contributed by atoms with van der Waals surface area (Å²) in [5, 5.41) is 12.8. The van der Waals surface area contributed by atoms with Crippen molar-refractivity contribution in [3.8, 4) is 0 Å². The maximum atomic E-state index is 14.6. The SMILES string of the molecule is Cc1ccc2c(c1)CN(c1oc3c([C@@H](C)Nc4ccccc4C(=O)O)cc(F)cc3c(=O)c1C)C2. The zero-order valence-corrected chi connectivity index (χ0v) is 19.7. The van der Waals surface area contributed by atoms with Crippen molar-refractivity contribution in [1.82, 2.24) is 0 Å². The molecule has 1 atom stereocenters. The number of halogens is 1. The van der Waals surface area contributed by atoms with Gasteiger partial charge in [0.25, 0.3) is 0 Å². The third kappa shape index (κ3) is 4.03. The van der Waals surface area contributed by atoms with Crippen molar-refractivity contribution in [2.45, 2.75) is 39.9 Å². The molecule has 1 aliphatic heterocycles. The molecule has 7 heteroatoms. The third-order valence-electron chi connectivity index (χ3n) is 6.55. The fourth-order valence-corrected chi connectivity index (χ4v) is 4.77. The van der Waals surface area contributed by atoms with Gasteiger partial charge in [-0.1, -0.05) is 35.9 Å². The van der Waals surface area contributed by atoms with Crippen LogP contribution in [-0.2, 0) is 13.1 Å². The highest BCUT2D eigenvalue weighted by molar-refractivity contribution is 5.94. The van der Waals surface area contributed by atoms with Gasteiger partial charge in [-0.3, -0.25) is 4.79 Å². The summed E-state index contributed by atoms with van der Waals surface area (Å²) in [7, 11) is 0. The fourth-order valence-electron chi connectivity index (χ4n) is 4.77. The molecule has 0 saturated heterocycles. The van der Waals surface area contributed by atoms with Crippen LogP contribution < -0.4 is 15.6 Å². The van der Waals surface area contributed by atoms with Gasteiger partial charge in [-0.25, -0.2) is 9.18 Å². The molecule has 2 heterocycles. The number of hydrogen-bond donors (Lipinski definition) is 2. The molecule has 1 aromatic heterocycles. The van der Waals surface area contributed by atoms with Gasteiger partial charge in [0.2, 0.25) is 5.88 Å². The molecule has 6 nitrogen and oxygen atoms in total. The average molecular weight is 473 g/mol. The second-order valence-corrected chi connectivity index (χ2v) is 9.08. The van der Waals surface area contributed by atoms with Crippen LogP contribution in [0.25, 0.3) is 11.0 Å². The van der Waals surface area contributed by atoms with Crippen LogP contribution in [0.3, 0.4) is 0 Å². The Morgan fingerprint density at radius 3 is 2.60 bits per heavy atom. The monoisotopic (exact) mass is 472 g/mol. The van der Waals surface area contributed by atoms with Crippen molar-refractivity contribution >= 4 is 28.5 Å². The summed E-state index contributed by atoms with van der Waals surface area (Å²) >= 11 is 0. The Balaban J connectivity index is 1.60. The second kappa shape index (κ2) is 8.58. The molecule has 1 aliphatic rings. The molecule has 0 fully saturated rings. The maximum absolute atomic E-state index is 14.6. The minimum atomic E-state index is -1.07.